The first-order valence-electron chi connectivity index (χ1n) is 9.12. The lowest BCUT2D eigenvalue weighted by atomic mass is 10.2. The van der Waals surface area contributed by atoms with E-state index in [1.54, 1.807) is 37.3 Å². The molecule has 0 aliphatic heterocycles. The Morgan fingerprint density at radius 2 is 1.94 bits per heavy atom. The first kappa shape index (κ1) is 22.9. The van der Waals surface area contributed by atoms with Gasteiger partial charge in [-0.15, -0.1) is 6.58 Å². The van der Waals surface area contributed by atoms with Crippen molar-refractivity contribution in [3.8, 4) is 0 Å². The Hall–Kier alpha value is -2.81. The van der Waals surface area contributed by atoms with Gasteiger partial charge in [-0.3, -0.25) is 9.10 Å². The summed E-state index contributed by atoms with van der Waals surface area (Å²) in [6.07, 6.45) is 1.44. The van der Waals surface area contributed by atoms with Crippen LogP contribution in [0.25, 0.3) is 0 Å². The summed E-state index contributed by atoms with van der Waals surface area (Å²) in [6.45, 7) is 5.45. The van der Waals surface area contributed by atoms with Crippen LogP contribution in [-0.4, -0.2) is 26.0 Å². The molecule has 31 heavy (non-hydrogen) atoms. The van der Waals surface area contributed by atoms with Gasteiger partial charge in [0.2, 0.25) is 0 Å². The lowest BCUT2D eigenvalue weighted by Crippen LogP contribution is -2.32. The maximum Gasteiger partial charge on any atom is 0.266 e. The first-order valence-corrected chi connectivity index (χ1v) is 11.3. The van der Waals surface area contributed by atoms with Crippen molar-refractivity contribution in [3.63, 3.8) is 0 Å². The third kappa shape index (κ3) is 5.10. The van der Waals surface area contributed by atoms with E-state index in [1.807, 2.05) is 0 Å². The van der Waals surface area contributed by atoms with Crippen LogP contribution in [0.2, 0.25) is 10.0 Å². The second-order valence-corrected chi connectivity index (χ2v) is 9.18. The van der Waals surface area contributed by atoms with Gasteiger partial charge in [-0.05, 0) is 37.3 Å². The summed E-state index contributed by atoms with van der Waals surface area (Å²) >= 11 is 12.4. The summed E-state index contributed by atoms with van der Waals surface area (Å²) < 4.78 is 33.0. The molecule has 1 heterocycles. The number of sulfonamides is 1. The number of halogens is 2. The lowest BCUT2D eigenvalue weighted by molar-refractivity contribution is 0.0947. The van der Waals surface area contributed by atoms with Gasteiger partial charge >= 0.3 is 0 Å². The number of nitrogens with zero attached hydrogens (tertiary/aromatic N) is 2. The van der Waals surface area contributed by atoms with Crippen molar-refractivity contribution in [2.75, 3.05) is 10.8 Å². The smallest absolute Gasteiger partial charge is 0.266 e. The number of carbonyl (C=O) groups excluding carboxylic acids is 1. The molecule has 0 spiro atoms. The van der Waals surface area contributed by atoms with Gasteiger partial charge in [0, 0.05) is 11.6 Å². The van der Waals surface area contributed by atoms with Gasteiger partial charge < -0.3 is 9.84 Å². The fraction of sp³-hybridized carbons (Fsp3) is 0.143. The summed E-state index contributed by atoms with van der Waals surface area (Å²) in [5, 5.41) is 6.64. The molecule has 0 saturated heterocycles. The molecular weight excluding hydrogens is 461 g/mol. The van der Waals surface area contributed by atoms with Crippen LogP contribution in [0.4, 0.5) is 5.69 Å². The van der Waals surface area contributed by atoms with Gasteiger partial charge in [0.25, 0.3) is 15.9 Å². The number of amides is 1. The Bertz CT molecular complexity index is 1220. The molecule has 0 aliphatic rings. The minimum absolute atomic E-state index is 0.0245. The number of anilines is 1. The van der Waals surface area contributed by atoms with Gasteiger partial charge in [-0.2, -0.15) is 0 Å². The number of hydrogen-bond acceptors (Lipinski definition) is 5. The normalized spacial score (nSPS) is 11.2. The molecule has 0 saturated carbocycles. The van der Waals surface area contributed by atoms with Gasteiger partial charge in [0.15, 0.2) is 5.76 Å². The van der Waals surface area contributed by atoms with Gasteiger partial charge in [-0.25, -0.2) is 8.42 Å². The number of nitrogens with one attached hydrogen (secondary N) is 1. The highest BCUT2D eigenvalue weighted by Crippen LogP contribution is 2.33. The molecule has 0 fully saturated rings. The second-order valence-electron chi connectivity index (χ2n) is 6.54. The summed E-state index contributed by atoms with van der Waals surface area (Å²) in [5.41, 5.74) is 1.08. The van der Waals surface area contributed by atoms with E-state index in [-0.39, 0.29) is 39.3 Å². The third-order valence-corrected chi connectivity index (χ3v) is 6.86. The average Bonchev–Trinajstić information content (AvgIpc) is 3.16. The molecule has 0 radical (unpaired) electrons. The third-order valence-electron chi connectivity index (χ3n) is 4.28. The predicted octanol–water partition coefficient (Wildman–Crippen LogP) is 4.60. The van der Waals surface area contributed by atoms with E-state index in [0.717, 1.165) is 4.31 Å². The summed E-state index contributed by atoms with van der Waals surface area (Å²) in [6, 6.07) is 12.2. The first-order chi connectivity index (χ1) is 14.7. The van der Waals surface area contributed by atoms with Gasteiger partial charge in [-0.1, -0.05) is 46.6 Å². The van der Waals surface area contributed by atoms with Crippen LogP contribution in [0.1, 0.15) is 21.8 Å². The molecule has 1 aromatic heterocycles. The Morgan fingerprint density at radius 1 is 1.19 bits per heavy atom. The molecular formula is C21H19Cl2N3O4S. The number of para-hydroxylation sites is 1. The molecule has 3 rings (SSSR count). The van der Waals surface area contributed by atoms with Crippen molar-refractivity contribution in [2.45, 2.75) is 18.4 Å². The van der Waals surface area contributed by atoms with Crippen LogP contribution in [0, 0.1) is 6.92 Å². The molecule has 0 aliphatic carbocycles. The Morgan fingerprint density at radius 3 is 2.58 bits per heavy atom. The van der Waals surface area contributed by atoms with Crippen molar-refractivity contribution < 1.29 is 17.7 Å². The van der Waals surface area contributed by atoms with Crippen LogP contribution in [-0.2, 0) is 16.6 Å². The number of hydrogen-bond donors (Lipinski definition) is 1. The predicted molar refractivity (Wildman–Crippen MR) is 120 cm³/mol. The minimum Gasteiger partial charge on any atom is -0.359 e. The van der Waals surface area contributed by atoms with Crippen LogP contribution in [0.15, 0.2) is 70.6 Å². The zero-order valence-corrected chi connectivity index (χ0v) is 18.8. The number of rotatable bonds is 8. The molecule has 0 atom stereocenters. The van der Waals surface area contributed by atoms with E-state index < -0.39 is 15.9 Å². The summed E-state index contributed by atoms with van der Waals surface area (Å²) in [7, 11) is -4.15. The molecule has 0 unspecified atom stereocenters. The zero-order chi connectivity index (χ0) is 22.6. The maximum absolute atomic E-state index is 13.4. The highest BCUT2D eigenvalue weighted by atomic mass is 35.5. The van der Waals surface area contributed by atoms with Crippen LogP contribution in [0.3, 0.4) is 0 Å². The lowest BCUT2D eigenvalue weighted by Gasteiger charge is -2.24. The molecule has 1 amide bonds. The molecule has 1 N–H and O–H groups in total. The van der Waals surface area contributed by atoms with E-state index in [4.69, 9.17) is 27.7 Å². The van der Waals surface area contributed by atoms with Crippen molar-refractivity contribution in [2.24, 2.45) is 0 Å². The summed E-state index contributed by atoms with van der Waals surface area (Å²) in [4.78, 5) is 12.3. The van der Waals surface area contributed by atoms with E-state index in [2.05, 4.69) is 17.1 Å². The Balaban J connectivity index is 1.94. The van der Waals surface area contributed by atoms with Gasteiger partial charge in [0.05, 0.1) is 34.5 Å². The van der Waals surface area contributed by atoms with Crippen LogP contribution >= 0.6 is 23.2 Å². The molecule has 162 valence electrons. The maximum atomic E-state index is 13.4. The van der Waals surface area contributed by atoms with Crippen molar-refractivity contribution >= 4 is 44.8 Å². The van der Waals surface area contributed by atoms with E-state index >= 15 is 0 Å². The average molecular weight is 480 g/mol. The van der Waals surface area contributed by atoms with Crippen molar-refractivity contribution in [3.05, 3.63) is 88.2 Å². The molecule has 3 aromatic rings. The van der Waals surface area contributed by atoms with Crippen molar-refractivity contribution in [1.29, 1.82) is 0 Å². The number of aryl methyl sites for hydroxylation is 1. The van der Waals surface area contributed by atoms with Crippen molar-refractivity contribution in [1.82, 2.24) is 10.5 Å². The number of benzene rings is 2. The van der Waals surface area contributed by atoms with Crippen LogP contribution in [0.5, 0.6) is 0 Å². The molecule has 0 bridgehead atoms. The number of aromatic nitrogens is 1. The fourth-order valence-corrected chi connectivity index (χ4v) is 5.07. The highest BCUT2D eigenvalue weighted by molar-refractivity contribution is 7.93. The SMILES string of the molecule is C=CCN(c1ccccc1Cl)S(=O)(=O)c1cc(C(=O)NCc2cc(C)no2)ccc1Cl. The monoisotopic (exact) mass is 479 g/mol. The fourth-order valence-electron chi connectivity index (χ4n) is 2.83. The highest BCUT2D eigenvalue weighted by Gasteiger charge is 2.28. The van der Waals surface area contributed by atoms with Gasteiger partial charge in [0.1, 0.15) is 4.90 Å². The second kappa shape index (κ2) is 9.55. The quantitative estimate of drug-likeness (QED) is 0.476. The molecule has 7 nitrogen and oxygen atoms in total. The Labute approximate surface area is 190 Å². The van der Waals surface area contributed by atoms with E-state index in [9.17, 15) is 13.2 Å². The zero-order valence-electron chi connectivity index (χ0n) is 16.5. The Kier molecular flexibility index (Phi) is 7.04. The molecule has 2 aromatic carbocycles. The molecule has 10 heteroatoms. The topological polar surface area (TPSA) is 92.5 Å². The van der Waals surface area contributed by atoms with E-state index in [0.29, 0.717) is 11.5 Å². The van der Waals surface area contributed by atoms with E-state index in [1.165, 1.54) is 24.3 Å². The standard InChI is InChI=1S/C21H19Cl2N3O4S/c1-3-10-26(19-7-5-4-6-17(19)22)31(28,29)20-12-15(8-9-18(20)23)21(27)24-13-16-11-14(2)25-30-16/h3-9,11-12H,1,10,13H2,2H3,(H,24,27). The van der Waals surface area contributed by atoms with Crippen LogP contribution < -0.4 is 9.62 Å². The number of carbonyl (C=O) groups is 1. The largest absolute Gasteiger partial charge is 0.359 e. The summed E-state index contributed by atoms with van der Waals surface area (Å²) in [5.74, 6) is -0.0151. The minimum atomic E-state index is -4.15.